The van der Waals surface area contributed by atoms with Gasteiger partial charge in [-0.05, 0) is 31.0 Å². The molecule has 3 aromatic rings. The molecule has 1 saturated heterocycles. The van der Waals surface area contributed by atoms with Gasteiger partial charge < -0.3 is 14.2 Å². The number of piperidine rings is 1. The molecule has 2 aromatic heterocycles. The zero-order valence-electron chi connectivity index (χ0n) is 15.3. The molecule has 2 aliphatic heterocycles. The molecule has 0 saturated carbocycles. The van der Waals surface area contributed by atoms with E-state index >= 15 is 0 Å². The van der Waals surface area contributed by atoms with Gasteiger partial charge in [0, 0.05) is 30.5 Å². The summed E-state index contributed by atoms with van der Waals surface area (Å²) in [4.78, 5) is 6.59. The van der Waals surface area contributed by atoms with Crippen molar-refractivity contribution >= 4 is 5.82 Å². The zero-order valence-corrected chi connectivity index (χ0v) is 15.3. The first kappa shape index (κ1) is 16.2. The molecule has 1 spiro atoms. The van der Waals surface area contributed by atoms with Crippen LogP contribution in [0.15, 0.2) is 40.9 Å². The third-order valence-corrected chi connectivity index (χ3v) is 5.66. The number of hydrogen-bond donors (Lipinski definition) is 0. The molecule has 0 amide bonds. The van der Waals surface area contributed by atoms with E-state index < -0.39 is 0 Å². The smallest absolute Gasteiger partial charge is 0.226 e. The number of ether oxygens (including phenoxy) is 1. The van der Waals surface area contributed by atoms with Crippen LogP contribution in [0.25, 0.3) is 11.5 Å². The molecular formula is C20H21N5O2. The van der Waals surface area contributed by atoms with Crippen molar-refractivity contribution in [1.82, 2.24) is 20.3 Å². The van der Waals surface area contributed by atoms with Gasteiger partial charge >= 0.3 is 0 Å². The minimum Gasteiger partial charge on any atom is -0.492 e. The van der Waals surface area contributed by atoms with E-state index in [1.165, 1.54) is 5.56 Å². The van der Waals surface area contributed by atoms with Gasteiger partial charge in [-0.2, -0.15) is 4.98 Å². The van der Waals surface area contributed by atoms with E-state index in [1.54, 1.807) is 0 Å². The van der Waals surface area contributed by atoms with Gasteiger partial charge in [0.2, 0.25) is 11.7 Å². The topological polar surface area (TPSA) is 77.2 Å². The fourth-order valence-corrected chi connectivity index (χ4v) is 4.02. The number of para-hydroxylation sites is 1. The molecule has 0 atom stereocenters. The van der Waals surface area contributed by atoms with E-state index in [2.05, 4.69) is 43.4 Å². The predicted octanol–water partition coefficient (Wildman–Crippen LogP) is 3.02. The first-order valence-corrected chi connectivity index (χ1v) is 9.41. The van der Waals surface area contributed by atoms with Crippen LogP contribution in [0, 0.1) is 0 Å². The molecule has 4 heterocycles. The summed E-state index contributed by atoms with van der Waals surface area (Å²) >= 11 is 0. The second-order valence-electron chi connectivity index (χ2n) is 7.19. The van der Waals surface area contributed by atoms with Crippen molar-refractivity contribution in [1.29, 1.82) is 0 Å². The van der Waals surface area contributed by atoms with Crippen LogP contribution in [0.5, 0.6) is 5.75 Å². The van der Waals surface area contributed by atoms with Gasteiger partial charge in [0.25, 0.3) is 0 Å². The molecular weight excluding hydrogens is 342 g/mol. The second kappa shape index (κ2) is 6.33. The summed E-state index contributed by atoms with van der Waals surface area (Å²) in [5.41, 5.74) is 2.13. The molecule has 7 heteroatoms. The molecule has 7 nitrogen and oxygen atoms in total. The Labute approximate surface area is 157 Å². The standard InChI is InChI=1S/C20H21N5O2/c1-2-18-21-19(24-27-18)15-7-8-17(23-22-15)25-11-9-20(10-12-25)13-26-16-6-4-3-5-14(16)20/h3-8H,2,9-13H2,1H3. The monoisotopic (exact) mass is 363 g/mol. The highest BCUT2D eigenvalue weighted by atomic mass is 16.5. The van der Waals surface area contributed by atoms with Gasteiger partial charge in [-0.15, -0.1) is 10.2 Å². The lowest BCUT2D eigenvalue weighted by molar-refractivity contribution is 0.230. The molecule has 0 aliphatic carbocycles. The van der Waals surface area contributed by atoms with Crippen molar-refractivity contribution in [2.45, 2.75) is 31.6 Å². The van der Waals surface area contributed by atoms with E-state index in [0.29, 0.717) is 23.8 Å². The van der Waals surface area contributed by atoms with Gasteiger partial charge in [0.05, 0.1) is 6.61 Å². The zero-order chi connectivity index (χ0) is 18.3. The normalized spacial score (nSPS) is 17.7. The minimum atomic E-state index is 0.141. The molecule has 138 valence electrons. The quantitative estimate of drug-likeness (QED) is 0.708. The Balaban J connectivity index is 1.30. The molecule has 27 heavy (non-hydrogen) atoms. The fraction of sp³-hybridized carbons (Fsp3) is 0.400. The Morgan fingerprint density at radius 1 is 1.07 bits per heavy atom. The number of aromatic nitrogens is 4. The number of fused-ring (bicyclic) bond motifs is 2. The summed E-state index contributed by atoms with van der Waals surface area (Å²) < 4.78 is 11.1. The summed E-state index contributed by atoms with van der Waals surface area (Å²) in [7, 11) is 0. The third-order valence-electron chi connectivity index (χ3n) is 5.66. The lowest BCUT2D eigenvalue weighted by Gasteiger charge is -2.38. The SMILES string of the molecule is CCc1nc(-c2ccc(N3CCC4(CC3)COc3ccccc34)nn2)no1. The molecule has 0 bridgehead atoms. The number of anilines is 1. The highest BCUT2D eigenvalue weighted by molar-refractivity contribution is 5.51. The maximum absolute atomic E-state index is 5.94. The summed E-state index contributed by atoms with van der Waals surface area (Å²) in [6, 6.07) is 12.3. The van der Waals surface area contributed by atoms with Crippen molar-refractivity contribution in [2.24, 2.45) is 0 Å². The van der Waals surface area contributed by atoms with E-state index in [9.17, 15) is 0 Å². The molecule has 0 unspecified atom stereocenters. The number of rotatable bonds is 3. The maximum Gasteiger partial charge on any atom is 0.226 e. The Morgan fingerprint density at radius 3 is 2.67 bits per heavy atom. The first-order valence-electron chi connectivity index (χ1n) is 9.41. The summed E-state index contributed by atoms with van der Waals surface area (Å²) in [5.74, 6) is 3.03. The number of aryl methyl sites for hydroxylation is 1. The van der Waals surface area contributed by atoms with Crippen molar-refractivity contribution < 1.29 is 9.26 Å². The Kier molecular flexibility index (Phi) is 3.81. The van der Waals surface area contributed by atoms with Gasteiger partial charge in [0.1, 0.15) is 11.4 Å². The minimum absolute atomic E-state index is 0.141. The van der Waals surface area contributed by atoms with Crippen molar-refractivity contribution in [2.75, 3.05) is 24.6 Å². The summed E-state index contributed by atoms with van der Waals surface area (Å²) in [6.45, 7) is 4.63. The average molecular weight is 363 g/mol. The fourth-order valence-electron chi connectivity index (χ4n) is 4.02. The molecule has 5 rings (SSSR count). The Hall–Kier alpha value is -2.96. The third kappa shape index (κ3) is 2.74. The van der Waals surface area contributed by atoms with Crippen LogP contribution in [0.4, 0.5) is 5.82 Å². The Morgan fingerprint density at radius 2 is 1.93 bits per heavy atom. The highest BCUT2D eigenvalue weighted by Crippen LogP contribution is 2.45. The van der Waals surface area contributed by atoms with E-state index in [-0.39, 0.29) is 5.41 Å². The van der Waals surface area contributed by atoms with Crippen molar-refractivity contribution in [3.05, 3.63) is 47.9 Å². The summed E-state index contributed by atoms with van der Waals surface area (Å²) in [5, 5.41) is 12.6. The van der Waals surface area contributed by atoms with Crippen LogP contribution in [-0.4, -0.2) is 40.0 Å². The van der Waals surface area contributed by atoms with Gasteiger partial charge in [0.15, 0.2) is 5.82 Å². The average Bonchev–Trinajstić information content (AvgIpc) is 3.35. The van der Waals surface area contributed by atoms with Crippen molar-refractivity contribution in [3.63, 3.8) is 0 Å². The molecule has 1 fully saturated rings. The maximum atomic E-state index is 5.94. The lowest BCUT2D eigenvalue weighted by Crippen LogP contribution is -2.44. The van der Waals surface area contributed by atoms with Crippen LogP contribution >= 0.6 is 0 Å². The predicted molar refractivity (Wildman–Crippen MR) is 99.8 cm³/mol. The Bertz CT molecular complexity index is 945. The molecule has 2 aliphatic rings. The number of benzene rings is 1. The van der Waals surface area contributed by atoms with E-state index in [1.807, 2.05) is 25.1 Å². The largest absolute Gasteiger partial charge is 0.492 e. The van der Waals surface area contributed by atoms with Crippen LogP contribution in [0.2, 0.25) is 0 Å². The van der Waals surface area contributed by atoms with E-state index in [4.69, 9.17) is 9.26 Å². The first-order chi connectivity index (χ1) is 13.3. The molecule has 1 aromatic carbocycles. The van der Waals surface area contributed by atoms with Crippen molar-refractivity contribution in [3.8, 4) is 17.3 Å². The van der Waals surface area contributed by atoms with Crippen LogP contribution in [0.1, 0.15) is 31.2 Å². The molecule has 0 N–H and O–H groups in total. The van der Waals surface area contributed by atoms with Gasteiger partial charge in [-0.3, -0.25) is 0 Å². The van der Waals surface area contributed by atoms with Crippen LogP contribution in [-0.2, 0) is 11.8 Å². The van der Waals surface area contributed by atoms with Gasteiger partial charge in [-0.25, -0.2) is 0 Å². The summed E-state index contributed by atoms with van der Waals surface area (Å²) in [6.07, 6.45) is 2.82. The van der Waals surface area contributed by atoms with Gasteiger partial charge in [-0.1, -0.05) is 30.3 Å². The lowest BCUT2D eigenvalue weighted by atomic mass is 9.74. The number of nitrogens with zero attached hydrogens (tertiary/aromatic N) is 5. The highest BCUT2D eigenvalue weighted by Gasteiger charge is 2.43. The number of hydrogen-bond acceptors (Lipinski definition) is 7. The van der Waals surface area contributed by atoms with Crippen LogP contribution in [0.3, 0.4) is 0 Å². The second-order valence-corrected chi connectivity index (χ2v) is 7.19. The molecule has 0 radical (unpaired) electrons. The van der Waals surface area contributed by atoms with Crippen LogP contribution < -0.4 is 9.64 Å². The van der Waals surface area contributed by atoms with E-state index in [0.717, 1.165) is 44.1 Å².